The van der Waals surface area contributed by atoms with Gasteiger partial charge in [-0.1, -0.05) is 43.3 Å². The van der Waals surface area contributed by atoms with E-state index in [-0.39, 0.29) is 5.91 Å². The van der Waals surface area contributed by atoms with Crippen LogP contribution < -0.4 is 0 Å². The molecule has 0 spiro atoms. The van der Waals surface area contributed by atoms with Gasteiger partial charge in [-0.15, -0.1) is 0 Å². The molecule has 6 heteroatoms. The Labute approximate surface area is 172 Å². The summed E-state index contributed by atoms with van der Waals surface area (Å²) in [4.78, 5) is 19.2. The molecule has 0 saturated heterocycles. The molecule has 0 atom stereocenters. The molecule has 4 nitrogen and oxygen atoms in total. The highest BCUT2D eigenvalue weighted by Crippen LogP contribution is 2.43. The first-order valence-electron chi connectivity index (χ1n) is 9.30. The fourth-order valence-electron chi connectivity index (χ4n) is 3.45. The summed E-state index contributed by atoms with van der Waals surface area (Å²) in [7, 11) is 0. The Morgan fingerprint density at radius 3 is 2.30 bits per heavy atom. The minimum atomic E-state index is -0.746. The number of hydrogen-bond acceptors (Lipinski definition) is 5. The molecule has 1 aliphatic heterocycles. The fourth-order valence-corrected chi connectivity index (χ4v) is 4.27. The minimum absolute atomic E-state index is 0.178. The molecule has 0 fully saturated rings. The van der Waals surface area contributed by atoms with Crippen LogP contribution >= 0.6 is 24.0 Å². The zero-order chi connectivity index (χ0) is 20.4. The summed E-state index contributed by atoms with van der Waals surface area (Å²) in [6, 6.07) is 4.17. The highest BCUT2D eigenvalue weighted by atomic mass is 32.2. The molecule has 2 rings (SSSR count). The quantitative estimate of drug-likeness (QED) is 0.595. The summed E-state index contributed by atoms with van der Waals surface area (Å²) in [5.74, 6) is 1.20. The summed E-state index contributed by atoms with van der Waals surface area (Å²) in [5, 5.41) is 1.44. The molecule has 0 N–H and O–H groups in total. The summed E-state index contributed by atoms with van der Waals surface area (Å²) in [6.07, 6.45) is 0.818. The third-order valence-electron chi connectivity index (χ3n) is 4.49. The number of nitrogens with zero attached hydrogens (tertiary/aromatic N) is 1. The van der Waals surface area contributed by atoms with E-state index in [0.717, 1.165) is 34.4 Å². The van der Waals surface area contributed by atoms with Crippen molar-refractivity contribution in [1.29, 1.82) is 0 Å². The van der Waals surface area contributed by atoms with Gasteiger partial charge in [0, 0.05) is 0 Å². The van der Waals surface area contributed by atoms with Crippen molar-refractivity contribution in [3.05, 3.63) is 40.1 Å². The number of benzene rings is 1. The van der Waals surface area contributed by atoms with Crippen molar-refractivity contribution in [2.75, 3.05) is 12.4 Å². The maximum atomic E-state index is 13.4. The van der Waals surface area contributed by atoms with Gasteiger partial charge < -0.3 is 4.74 Å². The van der Waals surface area contributed by atoms with Crippen molar-refractivity contribution in [3.8, 4) is 0 Å². The Hall–Kier alpha value is -1.37. The van der Waals surface area contributed by atoms with Gasteiger partial charge in [0.2, 0.25) is 4.38 Å². The normalized spacial score (nSPS) is 16.3. The average molecular weight is 408 g/mol. The van der Waals surface area contributed by atoms with Crippen molar-refractivity contribution in [2.45, 2.75) is 60.4 Å². The number of hydroxylamine groups is 2. The summed E-state index contributed by atoms with van der Waals surface area (Å²) in [6.45, 7) is 14.5. The van der Waals surface area contributed by atoms with Crippen LogP contribution in [0.2, 0.25) is 0 Å². The Bertz CT molecular complexity index is 761. The predicted molar refractivity (Wildman–Crippen MR) is 117 cm³/mol. The molecule has 0 aromatic heterocycles. The number of hydrogen-bond donors (Lipinski definition) is 0. The number of rotatable bonds is 6. The number of thioether (sulfide) groups is 1. The molecule has 0 bridgehead atoms. The van der Waals surface area contributed by atoms with Gasteiger partial charge in [-0.2, -0.15) is 0 Å². The van der Waals surface area contributed by atoms with Gasteiger partial charge in [-0.05, 0) is 75.7 Å². The van der Waals surface area contributed by atoms with Crippen LogP contribution in [0.5, 0.6) is 0 Å². The van der Waals surface area contributed by atoms with E-state index < -0.39 is 5.54 Å². The van der Waals surface area contributed by atoms with Gasteiger partial charge in [0.05, 0.1) is 12.2 Å². The molecule has 27 heavy (non-hydrogen) atoms. The number of thiocarbonyl (C=S) groups is 1. The third-order valence-corrected chi connectivity index (χ3v) is 5.53. The molecular weight excluding hydrogens is 378 g/mol. The zero-order valence-electron chi connectivity index (χ0n) is 17.3. The van der Waals surface area contributed by atoms with Crippen LogP contribution in [0.3, 0.4) is 0 Å². The SMILES string of the molecule is CCCON1C(=O)C(c2c(C)cc(C)cc2C)=C(OC(=S)SCC)C1(C)C. The molecule has 0 radical (unpaired) electrons. The van der Waals surface area contributed by atoms with Crippen molar-refractivity contribution in [2.24, 2.45) is 0 Å². The standard InChI is InChI=1S/C21H29NO3S2/c1-8-10-24-22-19(23)17(16-14(4)11-13(3)12-15(16)5)18(21(22,6)7)25-20(26)27-9-2/h11-12H,8-10H2,1-7H3. The topological polar surface area (TPSA) is 38.8 Å². The first kappa shape index (κ1) is 21.9. The molecule has 0 aliphatic carbocycles. The lowest BCUT2D eigenvalue weighted by Gasteiger charge is -2.32. The van der Waals surface area contributed by atoms with Crippen molar-refractivity contribution >= 4 is 39.8 Å². The number of carbonyl (C=O) groups is 1. The maximum Gasteiger partial charge on any atom is 0.282 e. The van der Waals surface area contributed by atoms with Crippen molar-refractivity contribution in [1.82, 2.24) is 5.06 Å². The highest BCUT2D eigenvalue weighted by molar-refractivity contribution is 8.22. The van der Waals surface area contributed by atoms with E-state index in [1.54, 1.807) is 0 Å². The van der Waals surface area contributed by atoms with Crippen LogP contribution in [-0.4, -0.2) is 33.3 Å². The Kier molecular flexibility index (Phi) is 7.11. The summed E-state index contributed by atoms with van der Waals surface area (Å²) in [5.41, 5.74) is 3.95. The van der Waals surface area contributed by atoms with Gasteiger partial charge in [0.15, 0.2) is 0 Å². The monoisotopic (exact) mass is 407 g/mol. The number of amides is 1. The molecule has 0 unspecified atom stereocenters. The second-order valence-corrected chi connectivity index (χ2v) is 9.12. The van der Waals surface area contributed by atoms with Crippen LogP contribution in [0.15, 0.2) is 17.9 Å². The van der Waals surface area contributed by atoms with E-state index in [0.29, 0.717) is 22.3 Å². The lowest BCUT2D eigenvalue weighted by molar-refractivity contribution is -0.203. The molecule has 0 saturated carbocycles. The minimum Gasteiger partial charge on any atom is -0.441 e. The van der Waals surface area contributed by atoms with Gasteiger partial charge in [-0.25, -0.2) is 5.06 Å². The van der Waals surface area contributed by atoms with Gasteiger partial charge in [0.25, 0.3) is 5.91 Å². The zero-order valence-corrected chi connectivity index (χ0v) is 18.9. The smallest absolute Gasteiger partial charge is 0.282 e. The van der Waals surface area contributed by atoms with Crippen LogP contribution in [0.4, 0.5) is 0 Å². The summed E-state index contributed by atoms with van der Waals surface area (Å²) < 4.78 is 6.51. The van der Waals surface area contributed by atoms with E-state index >= 15 is 0 Å². The maximum absolute atomic E-state index is 13.4. The van der Waals surface area contributed by atoms with Gasteiger partial charge in [0.1, 0.15) is 11.3 Å². The molecule has 1 aromatic rings. The van der Waals surface area contributed by atoms with E-state index in [1.807, 2.05) is 41.5 Å². The van der Waals surface area contributed by atoms with Gasteiger partial charge in [-0.3, -0.25) is 9.63 Å². The summed E-state index contributed by atoms with van der Waals surface area (Å²) >= 11 is 6.83. The second-order valence-electron chi connectivity index (χ2n) is 7.25. The lowest BCUT2D eigenvalue weighted by Crippen LogP contribution is -2.44. The second kappa shape index (κ2) is 8.76. The van der Waals surface area contributed by atoms with Gasteiger partial charge >= 0.3 is 0 Å². The lowest BCUT2D eigenvalue weighted by atomic mass is 9.91. The number of carbonyl (C=O) groups excluding carboxylic acids is 1. The van der Waals surface area contributed by atoms with E-state index in [9.17, 15) is 4.79 Å². The molecular formula is C21H29NO3S2. The number of ether oxygens (including phenoxy) is 1. The third kappa shape index (κ3) is 4.39. The molecule has 1 aromatic carbocycles. The molecule has 1 aliphatic rings. The Morgan fingerprint density at radius 1 is 1.19 bits per heavy atom. The van der Waals surface area contributed by atoms with Crippen LogP contribution in [-0.2, 0) is 14.4 Å². The fraction of sp³-hybridized carbons (Fsp3) is 0.524. The highest BCUT2D eigenvalue weighted by Gasteiger charge is 2.49. The van der Waals surface area contributed by atoms with Crippen molar-refractivity contribution in [3.63, 3.8) is 0 Å². The Morgan fingerprint density at radius 2 is 1.78 bits per heavy atom. The first-order valence-corrected chi connectivity index (χ1v) is 10.7. The average Bonchev–Trinajstić information content (AvgIpc) is 2.72. The molecule has 1 heterocycles. The van der Waals surface area contributed by atoms with E-state index in [4.69, 9.17) is 21.8 Å². The van der Waals surface area contributed by atoms with Crippen LogP contribution in [0, 0.1) is 20.8 Å². The molecule has 1 amide bonds. The van der Waals surface area contributed by atoms with Crippen LogP contribution in [0.25, 0.3) is 5.57 Å². The predicted octanol–water partition coefficient (Wildman–Crippen LogP) is 5.34. The molecule has 148 valence electrons. The van der Waals surface area contributed by atoms with Crippen LogP contribution in [0.1, 0.15) is 56.4 Å². The van der Waals surface area contributed by atoms with Crippen molar-refractivity contribution < 1.29 is 14.4 Å². The first-order chi connectivity index (χ1) is 12.6. The van der Waals surface area contributed by atoms with E-state index in [1.165, 1.54) is 16.8 Å². The van der Waals surface area contributed by atoms with E-state index in [2.05, 4.69) is 19.1 Å². The largest absolute Gasteiger partial charge is 0.441 e. The Balaban J connectivity index is 2.65. The number of aryl methyl sites for hydroxylation is 3.